The van der Waals surface area contributed by atoms with Crippen LogP contribution in [-0.4, -0.2) is 28.0 Å². The Bertz CT molecular complexity index is 1200. The van der Waals surface area contributed by atoms with Crippen molar-refractivity contribution in [2.24, 2.45) is 0 Å². The van der Waals surface area contributed by atoms with E-state index in [2.05, 4.69) is 15.7 Å². The monoisotopic (exact) mass is 456 g/mol. The molecule has 0 saturated carbocycles. The van der Waals surface area contributed by atoms with Crippen LogP contribution < -0.4 is 10.6 Å². The van der Waals surface area contributed by atoms with Gasteiger partial charge in [-0.3, -0.25) is 0 Å². The van der Waals surface area contributed by atoms with Crippen molar-refractivity contribution in [1.82, 2.24) is 15.1 Å². The molecule has 152 valence electrons. The molecule has 0 radical (unpaired) electrons. The quantitative estimate of drug-likeness (QED) is 0.325. The summed E-state index contributed by atoms with van der Waals surface area (Å²) < 4.78 is 7.46. The normalized spacial score (nSPS) is 10.7. The molecule has 4 aromatic rings. The second-order valence-electron chi connectivity index (χ2n) is 6.37. The highest BCUT2D eigenvalue weighted by Crippen LogP contribution is 2.37. The van der Waals surface area contributed by atoms with Crippen LogP contribution in [0.25, 0.3) is 15.8 Å². The summed E-state index contributed by atoms with van der Waals surface area (Å²) in [7, 11) is 1.34. The molecule has 2 N–H and O–H groups in total. The maximum Gasteiger partial charge on any atom is 0.349 e. The van der Waals surface area contributed by atoms with Crippen LogP contribution in [0.3, 0.4) is 0 Å². The highest BCUT2D eigenvalue weighted by Gasteiger charge is 2.17. The van der Waals surface area contributed by atoms with Crippen LogP contribution in [-0.2, 0) is 11.3 Å². The number of rotatable bonds is 5. The van der Waals surface area contributed by atoms with Gasteiger partial charge in [0.2, 0.25) is 0 Å². The number of nitrogens with zero attached hydrogens (tertiary/aromatic N) is 2. The zero-order chi connectivity index (χ0) is 21.1. The first kappa shape index (κ1) is 20.3. The molecule has 0 unspecified atom stereocenters. The minimum Gasteiger partial charge on any atom is -0.465 e. The van der Waals surface area contributed by atoms with Crippen molar-refractivity contribution in [1.29, 1.82) is 0 Å². The molecule has 0 aliphatic heterocycles. The van der Waals surface area contributed by atoms with Crippen molar-refractivity contribution in [2.45, 2.75) is 6.54 Å². The molecule has 2 aromatic heterocycles. The van der Waals surface area contributed by atoms with Gasteiger partial charge in [-0.25, -0.2) is 9.48 Å². The van der Waals surface area contributed by atoms with E-state index in [4.69, 9.17) is 28.6 Å². The highest BCUT2D eigenvalue weighted by molar-refractivity contribution is 7.80. The summed E-state index contributed by atoms with van der Waals surface area (Å²) in [5, 5.41) is 12.3. The van der Waals surface area contributed by atoms with Crippen molar-refractivity contribution in [3.05, 3.63) is 76.4 Å². The third kappa shape index (κ3) is 4.30. The number of nitrogens with one attached hydrogen (secondary N) is 2. The number of aromatic nitrogens is 2. The Morgan fingerprint density at radius 1 is 1.27 bits per heavy atom. The molecule has 6 nitrogen and oxygen atoms in total. The van der Waals surface area contributed by atoms with Gasteiger partial charge in [0.1, 0.15) is 4.88 Å². The molecule has 2 heterocycles. The molecular formula is C21H17ClN4O2S2. The second kappa shape index (κ2) is 8.83. The molecule has 0 atom stereocenters. The summed E-state index contributed by atoms with van der Waals surface area (Å²) in [5.74, 6) is -0.438. The number of methoxy groups -OCH3 is 1. The van der Waals surface area contributed by atoms with E-state index in [0.29, 0.717) is 21.6 Å². The molecular weight excluding hydrogens is 440 g/mol. The Kier molecular flexibility index (Phi) is 5.98. The van der Waals surface area contributed by atoms with E-state index in [0.717, 1.165) is 27.0 Å². The Morgan fingerprint density at radius 3 is 2.77 bits per heavy atom. The van der Waals surface area contributed by atoms with Crippen LogP contribution in [0.5, 0.6) is 0 Å². The lowest BCUT2D eigenvalue weighted by Gasteiger charge is -2.11. The number of thiophene rings is 1. The summed E-state index contributed by atoms with van der Waals surface area (Å²) in [4.78, 5) is 12.2. The van der Waals surface area contributed by atoms with E-state index in [-0.39, 0.29) is 0 Å². The van der Waals surface area contributed by atoms with Crippen LogP contribution in [0.1, 0.15) is 15.2 Å². The number of esters is 1. The van der Waals surface area contributed by atoms with E-state index in [9.17, 15) is 4.79 Å². The van der Waals surface area contributed by atoms with Gasteiger partial charge in [0.15, 0.2) is 5.11 Å². The molecule has 0 aliphatic carbocycles. The first-order valence-electron chi connectivity index (χ1n) is 8.99. The van der Waals surface area contributed by atoms with Crippen LogP contribution in [0.15, 0.2) is 60.9 Å². The number of anilines is 1. The summed E-state index contributed by atoms with van der Waals surface area (Å²) in [6.45, 7) is 0.588. The minimum atomic E-state index is -0.438. The number of hydrogen-bond donors (Lipinski definition) is 2. The number of benzene rings is 2. The zero-order valence-corrected chi connectivity index (χ0v) is 18.3. The molecule has 30 heavy (non-hydrogen) atoms. The molecule has 0 bridgehead atoms. The van der Waals surface area contributed by atoms with Gasteiger partial charge in [-0.1, -0.05) is 23.7 Å². The second-order valence-corrected chi connectivity index (χ2v) is 8.21. The molecule has 9 heteroatoms. The predicted octanol–water partition coefficient (Wildman–Crippen LogP) is 5.01. The lowest BCUT2D eigenvalue weighted by molar-refractivity contribution is 0.0606. The van der Waals surface area contributed by atoms with Gasteiger partial charge in [0.05, 0.1) is 17.8 Å². The number of carbonyl (C=O) groups is 1. The number of carbonyl (C=O) groups excluding carboxylic acids is 1. The molecule has 0 saturated heterocycles. The highest BCUT2D eigenvalue weighted by atomic mass is 35.5. The van der Waals surface area contributed by atoms with Crippen molar-refractivity contribution in [3.63, 3.8) is 0 Å². The minimum absolute atomic E-state index is 0.394. The number of fused-ring (bicyclic) bond motifs is 1. The molecule has 0 aliphatic rings. The Balaban J connectivity index is 1.39. The zero-order valence-electron chi connectivity index (χ0n) is 15.9. The van der Waals surface area contributed by atoms with Crippen molar-refractivity contribution in [3.8, 4) is 5.69 Å². The maximum absolute atomic E-state index is 11.8. The fraction of sp³-hybridized carbons (Fsp3) is 0.0952. The van der Waals surface area contributed by atoms with Gasteiger partial charge in [0, 0.05) is 34.7 Å². The smallest absolute Gasteiger partial charge is 0.349 e. The van der Waals surface area contributed by atoms with Gasteiger partial charge < -0.3 is 15.4 Å². The Labute approximate surface area is 187 Å². The first-order valence-corrected chi connectivity index (χ1v) is 10.6. The Morgan fingerprint density at radius 2 is 2.07 bits per heavy atom. The molecule has 0 spiro atoms. The van der Waals surface area contributed by atoms with Crippen molar-refractivity contribution in [2.75, 3.05) is 12.4 Å². The van der Waals surface area contributed by atoms with Gasteiger partial charge in [0.25, 0.3) is 0 Å². The number of hydrogen-bond acceptors (Lipinski definition) is 5. The van der Waals surface area contributed by atoms with Crippen LogP contribution in [0.4, 0.5) is 5.69 Å². The van der Waals surface area contributed by atoms with E-state index >= 15 is 0 Å². The topological polar surface area (TPSA) is 68.2 Å². The third-order valence-electron chi connectivity index (χ3n) is 4.42. The molecule has 0 amide bonds. The average Bonchev–Trinajstić information content (AvgIpc) is 3.41. The van der Waals surface area contributed by atoms with E-state index < -0.39 is 5.97 Å². The van der Waals surface area contributed by atoms with Crippen LogP contribution in [0.2, 0.25) is 5.02 Å². The maximum atomic E-state index is 11.8. The van der Waals surface area contributed by atoms with Gasteiger partial charge in [-0.15, -0.1) is 11.3 Å². The fourth-order valence-electron chi connectivity index (χ4n) is 2.91. The van der Waals surface area contributed by atoms with Gasteiger partial charge in [-0.2, -0.15) is 5.10 Å². The van der Waals surface area contributed by atoms with Crippen molar-refractivity contribution < 1.29 is 9.53 Å². The summed E-state index contributed by atoms with van der Waals surface area (Å²) in [5.41, 5.74) is 2.90. The predicted molar refractivity (Wildman–Crippen MR) is 125 cm³/mol. The summed E-state index contributed by atoms with van der Waals surface area (Å²) >= 11 is 13.0. The first-order chi connectivity index (χ1) is 14.5. The summed E-state index contributed by atoms with van der Waals surface area (Å²) in [6.07, 6.45) is 3.65. The number of ether oxygens (including phenoxy) is 1. The van der Waals surface area contributed by atoms with E-state index in [1.807, 2.05) is 59.4 Å². The summed E-state index contributed by atoms with van der Waals surface area (Å²) in [6, 6.07) is 15.6. The standard InChI is InChI=1S/C21H17ClN4O2S2/c1-28-20(27)19-18(22)16-8-5-14(11-17(16)30-19)25-21(29)23-12-13-3-6-15(7-4-13)26-10-2-9-24-26/h2-11H,12H2,1H3,(H2,23,25,29). The lowest BCUT2D eigenvalue weighted by atomic mass is 10.2. The Hall–Kier alpha value is -2.94. The lowest BCUT2D eigenvalue weighted by Crippen LogP contribution is -2.27. The molecule has 2 aromatic carbocycles. The number of halogens is 1. The number of thiocarbonyl (C=S) groups is 1. The molecule has 0 fully saturated rings. The largest absolute Gasteiger partial charge is 0.465 e. The SMILES string of the molecule is COC(=O)c1sc2cc(NC(=S)NCc3ccc(-n4cccn4)cc3)ccc2c1Cl. The average molecular weight is 457 g/mol. The molecule has 4 rings (SSSR count). The van der Waals surface area contributed by atoms with Crippen LogP contribution in [0, 0.1) is 0 Å². The van der Waals surface area contributed by atoms with E-state index in [1.165, 1.54) is 18.4 Å². The third-order valence-corrected chi connectivity index (χ3v) is 6.30. The van der Waals surface area contributed by atoms with Gasteiger partial charge >= 0.3 is 5.97 Å². The van der Waals surface area contributed by atoms with Gasteiger partial charge in [-0.05, 0) is 54.2 Å². The van der Waals surface area contributed by atoms with E-state index in [1.54, 1.807) is 6.20 Å². The van der Waals surface area contributed by atoms with Crippen LogP contribution >= 0.6 is 35.2 Å². The van der Waals surface area contributed by atoms with Crippen molar-refractivity contribution >= 4 is 62.0 Å². The fourth-order valence-corrected chi connectivity index (χ4v) is 4.57.